The fourth-order valence-electron chi connectivity index (χ4n) is 0.846. The second-order valence-electron chi connectivity index (χ2n) is 2.22. The zero-order valence-corrected chi connectivity index (χ0v) is 6.37. The van der Waals surface area contributed by atoms with Crippen LogP contribution in [-0.4, -0.2) is 12.2 Å². The Hall–Kier alpha value is -1.22. The summed E-state index contributed by atoms with van der Waals surface area (Å²) in [4.78, 5) is 0. The SMILES string of the molecule is COc1ccc(N)c(CO)c1. The third-order valence-electron chi connectivity index (χ3n) is 1.52. The highest BCUT2D eigenvalue weighted by Crippen LogP contribution is 2.18. The van der Waals surface area contributed by atoms with Crippen LogP contribution in [0.25, 0.3) is 0 Å². The van der Waals surface area contributed by atoms with Gasteiger partial charge in [-0.3, -0.25) is 0 Å². The minimum Gasteiger partial charge on any atom is -0.497 e. The maximum Gasteiger partial charge on any atom is 0.119 e. The third kappa shape index (κ3) is 1.62. The van der Waals surface area contributed by atoms with Crippen LogP contribution in [0, 0.1) is 0 Å². The van der Waals surface area contributed by atoms with Crippen LogP contribution in [0.3, 0.4) is 0 Å². The van der Waals surface area contributed by atoms with Crippen LogP contribution in [0.15, 0.2) is 18.2 Å². The molecule has 0 saturated heterocycles. The van der Waals surface area contributed by atoms with Gasteiger partial charge in [0, 0.05) is 11.3 Å². The van der Waals surface area contributed by atoms with Gasteiger partial charge in [0.15, 0.2) is 0 Å². The van der Waals surface area contributed by atoms with Crippen molar-refractivity contribution in [2.24, 2.45) is 0 Å². The number of rotatable bonds is 2. The minimum absolute atomic E-state index is 0.0525. The maximum atomic E-state index is 8.80. The molecule has 60 valence electrons. The standard InChI is InChI=1S/C8H11NO2/c1-11-7-2-3-8(9)6(4-7)5-10/h2-4,10H,5,9H2,1H3. The number of nitrogen functional groups attached to an aromatic ring is 1. The summed E-state index contributed by atoms with van der Waals surface area (Å²) in [5.41, 5.74) is 6.83. The summed E-state index contributed by atoms with van der Waals surface area (Å²) in [6.45, 7) is -0.0525. The molecule has 0 saturated carbocycles. The van der Waals surface area contributed by atoms with E-state index in [9.17, 15) is 0 Å². The minimum atomic E-state index is -0.0525. The molecule has 0 radical (unpaired) electrons. The molecule has 0 spiro atoms. The van der Waals surface area contributed by atoms with E-state index in [1.807, 2.05) is 0 Å². The quantitative estimate of drug-likeness (QED) is 0.617. The molecule has 0 aliphatic heterocycles. The van der Waals surface area contributed by atoms with Crippen molar-refractivity contribution in [2.75, 3.05) is 12.8 Å². The van der Waals surface area contributed by atoms with Gasteiger partial charge in [0.1, 0.15) is 5.75 Å². The van der Waals surface area contributed by atoms with Gasteiger partial charge < -0.3 is 15.6 Å². The van der Waals surface area contributed by atoms with Crippen LogP contribution in [0.5, 0.6) is 5.75 Å². The number of anilines is 1. The van der Waals surface area contributed by atoms with E-state index in [0.717, 1.165) is 0 Å². The van der Waals surface area contributed by atoms with E-state index in [1.165, 1.54) is 0 Å². The van der Waals surface area contributed by atoms with Gasteiger partial charge >= 0.3 is 0 Å². The molecule has 0 aliphatic rings. The summed E-state index contributed by atoms with van der Waals surface area (Å²) in [6, 6.07) is 5.19. The van der Waals surface area contributed by atoms with Gasteiger partial charge in [0.05, 0.1) is 13.7 Å². The molecule has 0 fully saturated rings. The lowest BCUT2D eigenvalue weighted by Crippen LogP contribution is -1.94. The summed E-state index contributed by atoms with van der Waals surface area (Å²) in [5, 5.41) is 8.80. The Morgan fingerprint density at radius 3 is 2.82 bits per heavy atom. The highest BCUT2D eigenvalue weighted by Gasteiger charge is 1.98. The molecule has 1 rings (SSSR count). The van der Waals surface area contributed by atoms with Crippen LogP contribution >= 0.6 is 0 Å². The van der Waals surface area contributed by atoms with E-state index < -0.39 is 0 Å². The first kappa shape index (κ1) is 7.88. The predicted octanol–water partition coefficient (Wildman–Crippen LogP) is 0.770. The molecule has 0 amide bonds. The third-order valence-corrected chi connectivity index (χ3v) is 1.52. The van der Waals surface area contributed by atoms with Crippen molar-refractivity contribution in [1.82, 2.24) is 0 Å². The zero-order valence-electron chi connectivity index (χ0n) is 6.37. The van der Waals surface area contributed by atoms with Crippen LogP contribution < -0.4 is 10.5 Å². The smallest absolute Gasteiger partial charge is 0.119 e. The molecule has 3 heteroatoms. The van der Waals surface area contributed by atoms with Crippen LogP contribution in [0.4, 0.5) is 5.69 Å². The lowest BCUT2D eigenvalue weighted by Gasteiger charge is -2.04. The van der Waals surface area contributed by atoms with Crippen molar-refractivity contribution in [3.63, 3.8) is 0 Å². The molecule has 11 heavy (non-hydrogen) atoms. The first-order valence-electron chi connectivity index (χ1n) is 3.31. The van der Waals surface area contributed by atoms with Gasteiger partial charge in [-0.1, -0.05) is 0 Å². The van der Waals surface area contributed by atoms with Crippen LogP contribution in [0.1, 0.15) is 5.56 Å². The van der Waals surface area contributed by atoms with Crippen molar-refractivity contribution >= 4 is 5.69 Å². The van der Waals surface area contributed by atoms with Gasteiger partial charge in [-0.2, -0.15) is 0 Å². The van der Waals surface area contributed by atoms with E-state index in [1.54, 1.807) is 25.3 Å². The fraction of sp³-hybridized carbons (Fsp3) is 0.250. The van der Waals surface area contributed by atoms with Gasteiger partial charge in [-0.25, -0.2) is 0 Å². The Balaban J connectivity index is 3.02. The van der Waals surface area contributed by atoms with E-state index in [0.29, 0.717) is 17.0 Å². The average molecular weight is 153 g/mol. The van der Waals surface area contributed by atoms with Crippen LogP contribution in [0.2, 0.25) is 0 Å². The molecule has 3 N–H and O–H groups in total. The molecule has 0 atom stereocenters. The fourth-order valence-corrected chi connectivity index (χ4v) is 0.846. The van der Waals surface area contributed by atoms with Crippen LogP contribution in [-0.2, 0) is 6.61 Å². The summed E-state index contributed by atoms with van der Waals surface area (Å²) in [7, 11) is 1.58. The van der Waals surface area contributed by atoms with Gasteiger partial charge in [0.2, 0.25) is 0 Å². The Bertz CT molecular complexity index is 248. The molecular formula is C8H11NO2. The van der Waals surface area contributed by atoms with Gasteiger partial charge in [0.25, 0.3) is 0 Å². The normalized spacial score (nSPS) is 9.64. The molecule has 0 heterocycles. The lowest BCUT2D eigenvalue weighted by atomic mass is 10.2. The Morgan fingerprint density at radius 2 is 2.27 bits per heavy atom. The molecule has 0 bridgehead atoms. The Labute approximate surface area is 65.4 Å². The zero-order chi connectivity index (χ0) is 8.27. The summed E-state index contributed by atoms with van der Waals surface area (Å²) < 4.78 is 4.94. The van der Waals surface area contributed by atoms with Crippen molar-refractivity contribution in [1.29, 1.82) is 0 Å². The van der Waals surface area contributed by atoms with Crippen molar-refractivity contribution < 1.29 is 9.84 Å². The number of nitrogens with two attached hydrogens (primary N) is 1. The topological polar surface area (TPSA) is 55.5 Å². The van der Waals surface area contributed by atoms with E-state index in [2.05, 4.69) is 0 Å². The number of benzene rings is 1. The maximum absolute atomic E-state index is 8.80. The average Bonchev–Trinajstić information content (AvgIpc) is 2.05. The molecular weight excluding hydrogens is 142 g/mol. The molecule has 1 aromatic rings. The number of aliphatic hydroxyl groups excluding tert-OH is 1. The number of aliphatic hydroxyl groups is 1. The largest absolute Gasteiger partial charge is 0.497 e. The Morgan fingerprint density at radius 1 is 1.55 bits per heavy atom. The first-order chi connectivity index (χ1) is 5.27. The number of hydrogen-bond acceptors (Lipinski definition) is 3. The second-order valence-corrected chi connectivity index (χ2v) is 2.22. The first-order valence-corrected chi connectivity index (χ1v) is 3.31. The molecule has 0 unspecified atom stereocenters. The highest BCUT2D eigenvalue weighted by molar-refractivity contribution is 5.49. The van der Waals surface area contributed by atoms with Crippen molar-refractivity contribution in [3.05, 3.63) is 23.8 Å². The second kappa shape index (κ2) is 3.25. The molecule has 0 aromatic heterocycles. The highest BCUT2D eigenvalue weighted by atomic mass is 16.5. The number of methoxy groups -OCH3 is 1. The van der Waals surface area contributed by atoms with E-state index in [4.69, 9.17) is 15.6 Å². The predicted molar refractivity (Wildman–Crippen MR) is 43.3 cm³/mol. The summed E-state index contributed by atoms with van der Waals surface area (Å²) in [6.07, 6.45) is 0. The summed E-state index contributed by atoms with van der Waals surface area (Å²) in [5.74, 6) is 0.711. The number of hydrogen-bond donors (Lipinski definition) is 2. The van der Waals surface area contributed by atoms with Crippen molar-refractivity contribution in [3.8, 4) is 5.75 Å². The summed E-state index contributed by atoms with van der Waals surface area (Å²) >= 11 is 0. The van der Waals surface area contributed by atoms with Gasteiger partial charge in [-0.15, -0.1) is 0 Å². The van der Waals surface area contributed by atoms with E-state index in [-0.39, 0.29) is 6.61 Å². The Kier molecular flexibility index (Phi) is 2.33. The monoisotopic (exact) mass is 153 g/mol. The lowest BCUT2D eigenvalue weighted by molar-refractivity contribution is 0.281. The van der Waals surface area contributed by atoms with Crippen molar-refractivity contribution in [2.45, 2.75) is 6.61 Å². The van der Waals surface area contributed by atoms with E-state index >= 15 is 0 Å². The molecule has 3 nitrogen and oxygen atoms in total. The molecule has 1 aromatic carbocycles. The van der Waals surface area contributed by atoms with Gasteiger partial charge in [-0.05, 0) is 18.2 Å². The molecule has 0 aliphatic carbocycles. The number of ether oxygens (including phenoxy) is 1.